The van der Waals surface area contributed by atoms with Crippen molar-refractivity contribution in [3.8, 4) is 0 Å². The average molecular weight is 257 g/mol. The van der Waals surface area contributed by atoms with Crippen molar-refractivity contribution >= 4 is 5.91 Å². The first-order chi connectivity index (χ1) is 8.10. The number of carbonyl (C=O) groups excluding carboxylic acids is 1. The zero-order valence-electron chi connectivity index (χ0n) is 13.1. The van der Waals surface area contributed by atoms with Crippen molar-refractivity contribution in [2.24, 2.45) is 10.8 Å². The van der Waals surface area contributed by atoms with Crippen LogP contribution in [0.3, 0.4) is 0 Å². The number of rotatable bonds is 7. The average Bonchev–Trinajstić information content (AvgIpc) is 2.17. The zero-order valence-corrected chi connectivity index (χ0v) is 13.1. The van der Waals surface area contributed by atoms with Gasteiger partial charge in [0, 0.05) is 19.6 Å². The summed E-state index contributed by atoms with van der Waals surface area (Å²) in [6, 6.07) is 0. The summed E-state index contributed by atoms with van der Waals surface area (Å²) in [5.41, 5.74) is 0.538. The molecule has 18 heavy (non-hydrogen) atoms. The van der Waals surface area contributed by atoms with Gasteiger partial charge in [-0.15, -0.1) is 0 Å². The van der Waals surface area contributed by atoms with Gasteiger partial charge in [0.05, 0.1) is 6.61 Å². The van der Waals surface area contributed by atoms with E-state index in [2.05, 4.69) is 46.9 Å². The van der Waals surface area contributed by atoms with Crippen molar-refractivity contribution in [2.45, 2.75) is 60.8 Å². The SMILES string of the molecule is CC(C)(C)CCOCCNC(=O)CCC(C)(C)C. The first kappa shape index (κ1) is 17.4. The van der Waals surface area contributed by atoms with Crippen molar-refractivity contribution in [2.75, 3.05) is 19.8 Å². The highest BCUT2D eigenvalue weighted by atomic mass is 16.5. The van der Waals surface area contributed by atoms with E-state index >= 15 is 0 Å². The van der Waals surface area contributed by atoms with Gasteiger partial charge in [-0.1, -0.05) is 41.5 Å². The van der Waals surface area contributed by atoms with Crippen LogP contribution in [0.2, 0.25) is 0 Å². The van der Waals surface area contributed by atoms with Gasteiger partial charge in [0.25, 0.3) is 0 Å². The lowest BCUT2D eigenvalue weighted by atomic mass is 9.90. The summed E-state index contributed by atoms with van der Waals surface area (Å²) in [7, 11) is 0. The van der Waals surface area contributed by atoms with Crippen LogP contribution in [-0.2, 0) is 9.53 Å². The van der Waals surface area contributed by atoms with Crippen molar-refractivity contribution in [1.29, 1.82) is 0 Å². The maximum atomic E-state index is 11.5. The number of nitrogens with one attached hydrogen (secondary N) is 1. The normalized spacial score (nSPS) is 12.6. The Morgan fingerprint density at radius 3 is 2.00 bits per heavy atom. The number of hydrogen-bond donors (Lipinski definition) is 1. The predicted octanol–water partition coefficient (Wildman–Crippen LogP) is 3.38. The summed E-state index contributed by atoms with van der Waals surface area (Å²) in [4.78, 5) is 11.5. The Labute approximate surface area is 113 Å². The van der Waals surface area contributed by atoms with Crippen molar-refractivity contribution in [1.82, 2.24) is 5.32 Å². The van der Waals surface area contributed by atoms with Crippen LogP contribution in [0.4, 0.5) is 0 Å². The van der Waals surface area contributed by atoms with E-state index in [0.717, 1.165) is 19.4 Å². The Balaban J connectivity index is 3.42. The standard InChI is InChI=1S/C15H31NO2/c1-14(2,3)8-7-13(17)16-10-12-18-11-9-15(4,5)6/h7-12H2,1-6H3,(H,16,17). The molecule has 3 heteroatoms. The van der Waals surface area contributed by atoms with Gasteiger partial charge in [-0.05, 0) is 23.7 Å². The minimum absolute atomic E-state index is 0.129. The quantitative estimate of drug-likeness (QED) is 0.710. The summed E-state index contributed by atoms with van der Waals surface area (Å²) in [5, 5.41) is 2.89. The van der Waals surface area contributed by atoms with Gasteiger partial charge in [-0.25, -0.2) is 0 Å². The van der Waals surface area contributed by atoms with E-state index in [-0.39, 0.29) is 11.3 Å². The minimum atomic E-state index is 0.129. The summed E-state index contributed by atoms with van der Waals surface area (Å²) < 4.78 is 5.49. The molecule has 108 valence electrons. The summed E-state index contributed by atoms with van der Waals surface area (Å²) in [6.45, 7) is 15.0. The van der Waals surface area contributed by atoms with Gasteiger partial charge in [-0.3, -0.25) is 4.79 Å². The van der Waals surface area contributed by atoms with Crippen LogP contribution in [0.25, 0.3) is 0 Å². The first-order valence-corrected chi connectivity index (χ1v) is 6.95. The van der Waals surface area contributed by atoms with Crippen LogP contribution >= 0.6 is 0 Å². The number of ether oxygens (including phenoxy) is 1. The van der Waals surface area contributed by atoms with E-state index in [9.17, 15) is 4.79 Å². The molecule has 0 saturated carbocycles. The molecular weight excluding hydrogens is 226 g/mol. The molecule has 0 fully saturated rings. The van der Waals surface area contributed by atoms with Crippen LogP contribution in [0.15, 0.2) is 0 Å². The van der Waals surface area contributed by atoms with E-state index in [0.29, 0.717) is 25.0 Å². The van der Waals surface area contributed by atoms with Crippen LogP contribution in [-0.4, -0.2) is 25.7 Å². The lowest BCUT2D eigenvalue weighted by Crippen LogP contribution is -2.28. The fraction of sp³-hybridized carbons (Fsp3) is 0.933. The van der Waals surface area contributed by atoms with Crippen LogP contribution in [0.1, 0.15) is 60.8 Å². The summed E-state index contributed by atoms with van der Waals surface area (Å²) >= 11 is 0. The Bertz CT molecular complexity index is 236. The molecule has 1 amide bonds. The molecule has 0 aliphatic carbocycles. The van der Waals surface area contributed by atoms with Crippen LogP contribution < -0.4 is 5.32 Å². The van der Waals surface area contributed by atoms with E-state index in [4.69, 9.17) is 4.74 Å². The summed E-state index contributed by atoms with van der Waals surface area (Å²) in [6.07, 6.45) is 2.57. The molecule has 0 aromatic heterocycles. The maximum absolute atomic E-state index is 11.5. The van der Waals surface area contributed by atoms with E-state index in [1.54, 1.807) is 0 Å². The van der Waals surface area contributed by atoms with Gasteiger partial charge >= 0.3 is 0 Å². The van der Waals surface area contributed by atoms with Gasteiger partial charge in [0.1, 0.15) is 0 Å². The predicted molar refractivity (Wildman–Crippen MR) is 76.6 cm³/mol. The van der Waals surface area contributed by atoms with Crippen molar-refractivity contribution < 1.29 is 9.53 Å². The fourth-order valence-electron chi connectivity index (χ4n) is 1.32. The molecule has 0 aromatic carbocycles. The number of carbonyl (C=O) groups is 1. The molecule has 0 aliphatic rings. The molecule has 1 N–H and O–H groups in total. The lowest BCUT2D eigenvalue weighted by molar-refractivity contribution is -0.121. The summed E-state index contributed by atoms with van der Waals surface area (Å²) in [5.74, 6) is 0.129. The first-order valence-electron chi connectivity index (χ1n) is 6.95. The van der Waals surface area contributed by atoms with Gasteiger partial charge < -0.3 is 10.1 Å². The molecule has 0 saturated heterocycles. The van der Waals surface area contributed by atoms with E-state index in [1.807, 2.05) is 0 Å². The molecule has 0 rings (SSSR count). The maximum Gasteiger partial charge on any atom is 0.220 e. The molecule has 0 radical (unpaired) electrons. The minimum Gasteiger partial charge on any atom is -0.380 e. The monoisotopic (exact) mass is 257 g/mol. The second-order valence-electron chi connectivity index (χ2n) is 7.33. The van der Waals surface area contributed by atoms with Crippen molar-refractivity contribution in [3.63, 3.8) is 0 Å². The second-order valence-corrected chi connectivity index (χ2v) is 7.33. The molecule has 0 heterocycles. The largest absolute Gasteiger partial charge is 0.380 e. The highest BCUT2D eigenvalue weighted by molar-refractivity contribution is 5.75. The third-order valence-corrected chi connectivity index (χ3v) is 2.67. The highest BCUT2D eigenvalue weighted by Gasteiger charge is 2.12. The molecule has 3 nitrogen and oxygen atoms in total. The second kappa shape index (κ2) is 7.78. The third-order valence-electron chi connectivity index (χ3n) is 2.67. The Morgan fingerprint density at radius 2 is 1.50 bits per heavy atom. The van der Waals surface area contributed by atoms with Crippen LogP contribution in [0, 0.1) is 10.8 Å². The molecule has 0 unspecified atom stereocenters. The van der Waals surface area contributed by atoms with Gasteiger partial charge in [0.2, 0.25) is 5.91 Å². The molecule has 0 aliphatic heterocycles. The Kier molecular flexibility index (Phi) is 7.53. The third kappa shape index (κ3) is 13.5. The Hall–Kier alpha value is -0.570. The molecule has 0 aromatic rings. The lowest BCUT2D eigenvalue weighted by Gasteiger charge is -2.18. The zero-order chi connectivity index (χ0) is 14.2. The molecule has 0 bridgehead atoms. The van der Waals surface area contributed by atoms with E-state index < -0.39 is 0 Å². The molecule has 0 atom stereocenters. The molecule has 0 spiro atoms. The number of hydrogen-bond acceptors (Lipinski definition) is 2. The Morgan fingerprint density at radius 1 is 0.944 bits per heavy atom. The highest BCUT2D eigenvalue weighted by Crippen LogP contribution is 2.20. The number of amides is 1. The molecular formula is C15H31NO2. The fourth-order valence-corrected chi connectivity index (χ4v) is 1.32. The van der Waals surface area contributed by atoms with Gasteiger partial charge in [-0.2, -0.15) is 0 Å². The van der Waals surface area contributed by atoms with E-state index in [1.165, 1.54) is 0 Å². The topological polar surface area (TPSA) is 38.3 Å². The van der Waals surface area contributed by atoms with Gasteiger partial charge in [0.15, 0.2) is 0 Å². The van der Waals surface area contributed by atoms with Crippen LogP contribution in [0.5, 0.6) is 0 Å². The van der Waals surface area contributed by atoms with Crippen molar-refractivity contribution in [3.05, 3.63) is 0 Å². The smallest absolute Gasteiger partial charge is 0.220 e.